The lowest BCUT2D eigenvalue weighted by Gasteiger charge is -2.00. The lowest BCUT2D eigenvalue weighted by atomic mass is 10.2. The first-order chi connectivity index (χ1) is 9.67. The summed E-state index contributed by atoms with van der Waals surface area (Å²) in [6.45, 7) is 2.08. The molecule has 0 radical (unpaired) electrons. The highest BCUT2D eigenvalue weighted by Crippen LogP contribution is 2.22. The zero-order valence-corrected chi connectivity index (χ0v) is 13.3. The molecule has 0 aliphatic rings. The summed E-state index contributed by atoms with van der Waals surface area (Å²) >= 11 is 8.58. The summed E-state index contributed by atoms with van der Waals surface area (Å²) in [4.78, 5) is 12.4. The van der Waals surface area contributed by atoms with Crippen molar-refractivity contribution in [3.8, 4) is 0 Å². The third kappa shape index (κ3) is 4.77. The molecule has 0 fully saturated rings. The van der Waals surface area contributed by atoms with E-state index in [0.29, 0.717) is 5.13 Å². The van der Waals surface area contributed by atoms with Gasteiger partial charge in [-0.25, -0.2) is 0 Å². The number of hydrogen-bond acceptors (Lipinski definition) is 5. The van der Waals surface area contributed by atoms with Gasteiger partial charge in [0.15, 0.2) is 0 Å². The van der Waals surface area contributed by atoms with Crippen LogP contribution in [-0.2, 0) is 11.2 Å². The van der Waals surface area contributed by atoms with Gasteiger partial charge in [-0.1, -0.05) is 29.0 Å². The van der Waals surface area contributed by atoms with E-state index >= 15 is 0 Å². The van der Waals surface area contributed by atoms with Crippen LogP contribution in [0.25, 0.3) is 0 Å². The topological polar surface area (TPSA) is 54.9 Å². The van der Waals surface area contributed by atoms with Gasteiger partial charge >= 0.3 is 0 Å². The molecule has 0 saturated heterocycles. The summed E-state index contributed by atoms with van der Waals surface area (Å²) in [5.41, 5.74) is 1.26. The Morgan fingerprint density at radius 3 is 2.80 bits per heavy atom. The number of hydrogen-bond donors (Lipinski definition) is 1. The Bertz CT molecular complexity index is 571. The van der Waals surface area contributed by atoms with Crippen molar-refractivity contribution in [3.63, 3.8) is 0 Å². The highest BCUT2D eigenvalue weighted by Gasteiger charge is 2.07. The Labute approximate surface area is 130 Å². The molecule has 1 heterocycles. The molecular weight excluding hydrogens is 314 g/mol. The Balaban J connectivity index is 1.79. The molecule has 1 amide bonds. The number of benzene rings is 1. The van der Waals surface area contributed by atoms with Gasteiger partial charge in [0.2, 0.25) is 11.0 Å². The number of aromatic nitrogens is 2. The monoisotopic (exact) mass is 327 g/mol. The summed E-state index contributed by atoms with van der Waals surface area (Å²) < 4.78 is 0. The molecule has 1 aromatic heterocycles. The SMILES string of the molecule is Cc1ccc(SCCc2nnc(NC(=O)CCl)s2)cc1. The van der Waals surface area contributed by atoms with Crippen LogP contribution >= 0.6 is 34.7 Å². The van der Waals surface area contributed by atoms with Crippen LogP contribution in [0.4, 0.5) is 5.13 Å². The molecule has 20 heavy (non-hydrogen) atoms. The number of alkyl halides is 1. The highest BCUT2D eigenvalue weighted by atomic mass is 35.5. The number of halogens is 1. The summed E-state index contributed by atoms with van der Waals surface area (Å²) in [5.74, 6) is 0.600. The van der Waals surface area contributed by atoms with Crippen molar-refractivity contribution < 1.29 is 4.79 Å². The predicted octanol–water partition coefficient (Wildman–Crippen LogP) is 3.36. The van der Waals surface area contributed by atoms with E-state index in [1.54, 1.807) is 11.8 Å². The average Bonchev–Trinajstić information content (AvgIpc) is 2.88. The number of carbonyl (C=O) groups is 1. The summed E-state index contributed by atoms with van der Waals surface area (Å²) in [6.07, 6.45) is 0.826. The fraction of sp³-hybridized carbons (Fsp3) is 0.308. The maximum Gasteiger partial charge on any atom is 0.241 e. The van der Waals surface area contributed by atoms with Crippen LogP contribution in [0.2, 0.25) is 0 Å². The molecule has 7 heteroatoms. The molecule has 1 aromatic carbocycles. The minimum atomic E-state index is -0.261. The second-order valence-corrected chi connectivity index (χ2v) is 6.59. The van der Waals surface area contributed by atoms with Crippen LogP contribution in [0.3, 0.4) is 0 Å². The molecule has 0 spiro atoms. The van der Waals surface area contributed by atoms with E-state index in [9.17, 15) is 4.79 Å². The molecule has 0 bridgehead atoms. The van der Waals surface area contributed by atoms with Gasteiger partial charge in [0.1, 0.15) is 10.9 Å². The molecule has 2 rings (SSSR count). The quantitative estimate of drug-likeness (QED) is 0.653. The number of aryl methyl sites for hydroxylation is 2. The summed E-state index contributed by atoms with van der Waals surface area (Å²) in [6, 6.07) is 8.44. The number of anilines is 1. The van der Waals surface area contributed by atoms with E-state index in [1.807, 2.05) is 0 Å². The molecular formula is C13H14ClN3OS2. The maximum atomic E-state index is 11.1. The van der Waals surface area contributed by atoms with Crippen molar-refractivity contribution in [1.29, 1.82) is 0 Å². The normalized spacial score (nSPS) is 10.5. The van der Waals surface area contributed by atoms with Crippen LogP contribution in [0.5, 0.6) is 0 Å². The molecule has 0 unspecified atom stereocenters. The summed E-state index contributed by atoms with van der Waals surface area (Å²) in [7, 11) is 0. The van der Waals surface area contributed by atoms with Crippen molar-refractivity contribution in [2.24, 2.45) is 0 Å². The highest BCUT2D eigenvalue weighted by molar-refractivity contribution is 7.99. The number of amides is 1. The molecule has 0 saturated carbocycles. The largest absolute Gasteiger partial charge is 0.299 e. The fourth-order valence-electron chi connectivity index (χ4n) is 1.45. The number of thioether (sulfide) groups is 1. The van der Waals surface area contributed by atoms with Crippen LogP contribution in [0.15, 0.2) is 29.2 Å². The van der Waals surface area contributed by atoms with Gasteiger partial charge in [-0.3, -0.25) is 10.1 Å². The first-order valence-corrected chi connectivity index (χ1v) is 8.38. The first-order valence-electron chi connectivity index (χ1n) is 6.05. The van der Waals surface area contributed by atoms with Crippen LogP contribution < -0.4 is 5.32 Å². The van der Waals surface area contributed by atoms with Crippen molar-refractivity contribution in [1.82, 2.24) is 10.2 Å². The average molecular weight is 328 g/mol. The number of nitrogens with one attached hydrogen (secondary N) is 1. The Morgan fingerprint density at radius 2 is 2.10 bits per heavy atom. The van der Waals surface area contributed by atoms with Gasteiger partial charge in [0.05, 0.1) is 0 Å². The Hall–Kier alpha value is -1.11. The second kappa shape index (κ2) is 7.61. The van der Waals surface area contributed by atoms with Crippen LogP contribution in [0, 0.1) is 6.92 Å². The Kier molecular flexibility index (Phi) is 5.82. The van der Waals surface area contributed by atoms with E-state index in [2.05, 4.69) is 46.7 Å². The van der Waals surface area contributed by atoms with Gasteiger partial charge < -0.3 is 0 Å². The molecule has 106 valence electrons. The van der Waals surface area contributed by atoms with Crippen LogP contribution in [-0.4, -0.2) is 27.7 Å². The third-order valence-electron chi connectivity index (χ3n) is 2.44. The lowest BCUT2D eigenvalue weighted by molar-refractivity contribution is -0.113. The molecule has 4 nitrogen and oxygen atoms in total. The zero-order chi connectivity index (χ0) is 14.4. The number of nitrogens with zero attached hydrogens (tertiary/aromatic N) is 2. The number of rotatable bonds is 6. The van der Waals surface area contributed by atoms with Gasteiger partial charge in [0.25, 0.3) is 0 Å². The van der Waals surface area contributed by atoms with E-state index in [-0.39, 0.29) is 11.8 Å². The molecule has 0 aliphatic carbocycles. The third-order valence-corrected chi connectivity index (χ3v) is 4.60. The van der Waals surface area contributed by atoms with Crippen molar-refractivity contribution >= 4 is 45.7 Å². The minimum Gasteiger partial charge on any atom is -0.299 e. The number of carbonyl (C=O) groups excluding carboxylic acids is 1. The molecule has 0 aliphatic heterocycles. The molecule has 2 aromatic rings. The van der Waals surface area contributed by atoms with E-state index in [0.717, 1.165) is 17.2 Å². The van der Waals surface area contributed by atoms with E-state index < -0.39 is 0 Å². The fourth-order valence-corrected chi connectivity index (χ4v) is 3.26. The standard InChI is InChI=1S/C13H14ClN3OS2/c1-9-2-4-10(5-3-9)19-7-6-12-16-17-13(20-12)15-11(18)8-14/h2-5H,6-8H2,1H3,(H,15,17,18). The van der Waals surface area contributed by atoms with Crippen molar-refractivity contribution in [2.45, 2.75) is 18.2 Å². The second-order valence-electron chi connectivity index (χ2n) is 4.09. The predicted molar refractivity (Wildman–Crippen MR) is 84.9 cm³/mol. The van der Waals surface area contributed by atoms with Crippen molar-refractivity contribution in [3.05, 3.63) is 34.8 Å². The van der Waals surface area contributed by atoms with E-state index in [1.165, 1.54) is 21.8 Å². The Morgan fingerprint density at radius 1 is 1.35 bits per heavy atom. The molecule has 0 atom stereocenters. The van der Waals surface area contributed by atoms with Crippen molar-refractivity contribution in [2.75, 3.05) is 16.9 Å². The first kappa shape index (κ1) is 15.3. The zero-order valence-electron chi connectivity index (χ0n) is 10.9. The molecule has 1 N–H and O–H groups in total. The summed E-state index contributed by atoms with van der Waals surface area (Å²) in [5, 5.41) is 12.0. The maximum absolute atomic E-state index is 11.1. The lowest BCUT2D eigenvalue weighted by Crippen LogP contribution is -2.12. The van der Waals surface area contributed by atoms with Crippen LogP contribution in [0.1, 0.15) is 10.6 Å². The van der Waals surface area contributed by atoms with E-state index in [4.69, 9.17) is 11.6 Å². The van der Waals surface area contributed by atoms with Gasteiger partial charge in [-0.15, -0.1) is 33.6 Å². The van der Waals surface area contributed by atoms with Gasteiger partial charge in [0, 0.05) is 17.1 Å². The smallest absolute Gasteiger partial charge is 0.241 e. The van der Waals surface area contributed by atoms with Gasteiger partial charge in [-0.05, 0) is 19.1 Å². The minimum absolute atomic E-state index is 0.0712. The van der Waals surface area contributed by atoms with Gasteiger partial charge in [-0.2, -0.15) is 0 Å².